The van der Waals surface area contributed by atoms with Gasteiger partial charge in [0.15, 0.2) is 0 Å². The Hall–Kier alpha value is -1.11. The zero-order valence-corrected chi connectivity index (χ0v) is 13.7. The van der Waals surface area contributed by atoms with E-state index in [9.17, 15) is 9.59 Å². The van der Waals surface area contributed by atoms with Gasteiger partial charge in [0.25, 0.3) is 0 Å². The van der Waals surface area contributed by atoms with Crippen LogP contribution in [0.25, 0.3) is 0 Å². The molecule has 1 rings (SSSR count). The number of rotatable bonds is 7. The second kappa shape index (κ2) is 9.02. The van der Waals surface area contributed by atoms with E-state index in [2.05, 4.69) is 10.6 Å². The molecule has 0 bridgehead atoms. The van der Waals surface area contributed by atoms with Crippen LogP contribution in [-0.2, 0) is 11.3 Å². The molecule has 1 unspecified atom stereocenters. The predicted octanol–water partition coefficient (Wildman–Crippen LogP) is 3.00. The Balaban J connectivity index is 2.50. The van der Waals surface area contributed by atoms with E-state index in [4.69, 9.17) is 28.3 Å². The van der Waals surface area contributed by atoms with Crippen molar-refractivity contribution >= 4 is 47.0 Å². The zero-order valence-electron chi connectivity index (χ0n) is 11.4. The van der Waals surface area contributed by atoms with Crippen molar-refractivity contribution in [2.24, 2.45) is 0 Å². The predicted molar refractivity (Wildman–Crippen MR) is 86.3 cm³/mol. The Morgan fingerprint density at radius 3 is 2.67 bits per heavy atom. The molecular formula is C13H16Cl2N2O3S. The smallest absolute Gasteiger partial charge is 0.326 e. The van der Waals surface area contributed by atoms with Crippen LogP contribution in [0, 0.1) is 0 Å². The van der Waals surface area contributed by atoms with E-state index >= 15 is 0 Å². The number of aliphatic carboxylic acids is 1. The molecule has 1 atom stereocenters. The third-order valence-electron chi connectivity index (χ3n) is 2.67. The molecule has 0 fully saturated rings. The van der Waals surface area contributed by atoms with Crippen LogP contribution in [0.1, 0.15) is 12.0 Å². The molecule has 21 heavy (non-hydrogen) atoms. The van der Waals surface area contributed by atoms with Crippen LogP contribution in [0.5, 0.6) is 0 Å². The summed E-state index contributed by atoms with van der Waals surface area (Å²) in [6.07, 6.45) is 2.24. The number of hydrogen-bond donors (Lipinski definition) is 3. The molecule has 0 saturated heterocycles. The topological polar surface area (TPSA) is 78.4 Å². The van der Waals surface area contributed by atoms with Crippen LogP contribution >= 0.6 is 35.0 Å². The number of amides is 2. The highest BCUT2D eigenvalue weighted by atomic mass is 35.5. The summed E-state index contributed by atoms with van der Waals surface area (Å²) in [7, 11) is 0. The molecule has 0 spiro atoms. The molecule has 8 heteroatoms. The van der Waals surface area contributed by atoms with E-state index in [0.717, 1.165) is 0 Å². The molecule has 0 radical (unpaired) electrons. The van der Waals surface area contributed by atoms with Crippen LogP contribution in [0.2, 0.25) is 10.0 Å². The molecule has 0 aliphatic heterocycles. The number of halogens is 2. The van der Waals surface area contributed by atoms with Crippen molar-refractivity contribution in [1.29, 1.82) is 0 Å². The largest absolute Gasteiger partial charge is 0.480 e. The molecule has 0 aliphatic rings. The van der Waals surface area contributed by atoms with Crippen LogP contribution in [0.4, 0.5) is 4.79 Å². The van der Waals surface area contributed by atoms with Crippen LogP contribution < -0.4 is 10.6 Å². The van der Waals surface area contributed by atoms with Gasteiger partial charge < -0.3 is 15.7 Å². The van der Waals surface area contributed by atoms with Gasteiger partial charge in [-0.1, -0.05) is 29.3 Å². The fourth-order valence-electron chi connectivity index (χ4n) is 1.54. The van der Waals surface area contributed by atoms with Gasteiger partial charge in [-0.25, -0.2) is 9.59 Å². The summed E-state index contributed by atoms with van der Waals surface area (Å²) in [6, 6.07) is 3.50. The Morgan fingerprint density at radius 2 is 2.10 bits per heavy atom. The standard InChI is InChI=1S/C13H16Cl2N2O3S/c1-21-5-4-11(12(18)19)17-13(20)16-7-8-2-3-9(14)6-10(8)15/h2-3,6,11H,4-5,7H2,1H3,(H,18,19)(H2,16,17,20). The van der Waals surface area contributed by atoms with Crippen molar-refractivity contribution in [3.8, 4) is 0 Å². The Morgan fingerprint density at radius 1 is 1.38 bits per heavy atom. The van der Waals surface area contributed by atoms with E-state index in [-0.39, 0.29) is 6.54 Å². The van der Waals surface area contributed by atoms with Crippen LogP contribution in [0.15, 0.2) is 18.2 Å². The number of nitrogens with one attached hydrogen (secondary N) is 2. The lowest BCUT2D eigenvalue weighted by atomic mass is 10.2. The summed E-state index contributed by atoms with van der Waals surface area (Å²) in [5, 5.41) is 15.0. The van der Waals surface area contributed by atoms with E-state index < -0.39 is 18.0 Å². The quantitative estimate of drug-likeness (QED) is 0.706. The maximum Gasteiger partial charge on any atom is 0.326 e. The minimum Gasteiger partial charge on any atom is -0.480 e. The van der Waals surface area contributed by atoms with Crippen LogP contribution in [0.3, 0.4) is 0 Å². The van der Waals surface area contributed by atoms with E-state index in [1.54, 1.807) is 18.2 Å². The van der Waals surface area contributed by atoms with Gasteiger partial charge in [0.2, 0.25) is 0 Å². The summed E-state index contributed by atoms with van der Waals surface area (Å²) in [5.74, 6) is -0.399. The summed E-state index contributed by atoms with van der Waals surface area (Å²) in [6.45, 7) is 0.191. The van der Waals surface area contributed by atoms with Gasteiger partial charge in [-0.05, 0) is 36.1 Å². The molecule has 0 heterocycles. The van der Waals surface area contributed by atoms with Crippen molar-refractivity contribution in [3.63, 3.8) is 0 Å². The van der Waals surface area contributed by atoms with Gasteiger partial charge in [0.1, 0.15) is 6.04 Å². The fraction of sp³-hybridized carbons (Fsp3) is 0.385. The molecule has 0 aliphatic carbocycles. The van der Waals surface area contributed by atoms with Crippen molar-refractivity contribution in [3.05, 3.63) is 33.8 Å². The average Bonchev–Trinajstić information content (AvgIpc) is 2.42. The Labute approximate surface area is 137 Å². The minimum absolute atomic E-state index is 0.191. The van der Waals surface area contributed by atoms with Crippen molar-refractivity contribution in [2.45, 2.75) is 19.0 Å². The first-order valence-electron chi connectivity index (χ1n) is 6.14. The van der Waals surface area contributed by atoms with Gasteiger partial charge >= 0.3 is 12.0 Å². The van der Waals surface area contributed by atoms with Gasteiger partial charge in [0, 0.05) is 16.6 Å². The lowest BCUT2D eigenvalue weighted by Gasteiger charge is -2.15. The normalized spacial score (nSPS) is 11.8. The molecule has 1 aromatic carbocycles. The molecule has 1 aromatic rings. The number of urea groups is 1. The van der Waals surface area contributed by atoms with Crippen molar-refractivity contribution in [2.75, 3.05) is 12.0 Å². The van der Waals surface area contributed by atoms with Gasteiger partial charge in [0.05, 0.1) is 0 Å². The van der Waals surface area contributed by atoms with E-state index in [0.29, 0.717) is 27.8 Å². The molecule has 0 saturated carbocycles. The number of benzene rings is 1. The van der Waals surface area contributed by atoms with Crippen LogP contribution in [-0.4, -0.2) is 35.2 Å². The number of carboxylic acids is 1. The maximum absolute atomic E-state index is 11.7. The number of carbonyl (C=O) groups excluding carboxylic acids is 1. The zero-order chi connectivity index (χ0) is 15.8. The highest BCUT2D eigenvalue weighted by Crippen LogP contribution is 2.20. The third-order valence-corrected chi connectivity index (χ3v) is 3.90. The summed E-state index contributed by atoms with van der Waals surface area (Å²) < 4.78 is 0. The monoisotopic (exact) mass is 350 g/mol. The first-order valence-corrected chi connectivity index (χ1v) is 8.29. The first kappa shape index (κ1) is 17.9. The molecular weight excluding hydrogens is 335 g/mol. The third kappa shape index (κ3) is 6.46. The van der Waals surface area contributed by atoms with E-state index in [1.165, 1.54) is 11.8 Å². The highest BCUT2D eigenvalue weighted by molar-refractivity contribution is 7.98. The van der Waals surface area contributed by atoms with E-state index in [1.807, 2.05) is 6.26 Å². The molecule has 3 N–H and O–H groups in total. The summed E-state index contributed by atoms with van der Waals surface area (Å²) >= 11 is 13.3. The number of carbonyl (C=O) groups is 2. The number of hydrogen-bond acceptors (Lipinski definition) is 3. The summed E-state index contributed by atoms with van der Waals surface area (Å²) in [5.41, 5.74) is 0.701. The molecule has 2 amide bonds. The van der Waals surface area contributed by atoms with Crippen molar-refractivity contribution < 1.29 is 14.7 Å². The Bertz CT molecular complexity index is 514. The van der Waals surface area contributed by atoms with Gasteiger partial charge in [-0.15, -0.1) is 0 Å². The minimum atomic E-state index is -1.05. The molecule has 116 valence electrons. The molecule has 0 aromatic heterocycles. The van der Waals surface area contributed by atoms with Gasteiger partial charge in [-0.3, -0.25) is 0 Å². The SMILES string of the molecule is CSCCC(NC(=O)NCc1ccc(Cl)cc1Cl)C(=O)O. The second-order valence-corrected chi connectivity index (χ2v) is 6.06. The lowest BCUT2D eigenvalue weighted by molar-refractivity contribution is -0.139. The number of carboxylic acid groups (broad SMARTS) is 1. The lowest BCUT2D eigenvalue weighted by Crippen LogP contribution is -2.46. The number of thioether (sulfide) groups is 1. The molecule has 5 nitrogen and oxygen atoms in total. The highest BCUT2D eigenvalue weighted by Gasteiger charge is 2.19. The average molecular weight is 351 g/mol. The first-order chi connectivity index (χ1) is 9.93. The summed E-state index contributed by atoms with van der Waals surface area (Å²) in [4.78, 5) is 22.7. The maximum atomic E-state index is 11.7. The fourth-order valence-corrected chi connectivity index (χ4v) is 2.49. The van der Waals surface area contributed by atoms with Crippen molar-refractivity contribution in [1.82, 2.24) is 10.6 Å². The van der Waals surface area contributed by atoms with Gasteiger partial charge in [-0.2, -0.15) is 11.8 Å². The Kier molecular flexibility index (Phi) is 7.71. The second-order valence-electron chi connectivity index (χ2n) is 4.24.